The molecule has 10 heteroatoms. The molecule has 3 N–H and O–H groups in total. The maximum atomic E-state index is 12.5. The Hall–Kier alpha value is -1.94. The lowest BCUT2D eigenvalue weighted by atomic mass is 10.3. The summed E-state index contributed by atoms with van der Waals surface area (Å²) in [6.07, 6.45) is 0.775. The second-order valence-electron chi connectivity index (χ2n) is 5.10. The number of anilines is 1. The van der Waals surface area contributed by atoms with Crippen LogP contribution in [0.15, 0.2) is 23.1 Å². The molecule has 0 aromatic heterocycles. The number of hydrogen-bond donors (Lipinski definition) is 3. The van der Waals surface area contributed by atoms with Crippen molar-refractivity contribution in [3.05, 3.63) is 28.3 Å². The summed E-state index contributed by atoms with van der Waals surface area (Å²) in [7, 11) is -4.04. The SMILES string of the molecule is CCCNc1ccc([N+](=O)[O-])cc1S(=O)(=O)NC(=S)NC(C)C. The van der Waals surface area contributed by atoms with Crippen molar-refractivity contribution in [2.75, 3.05) is 11.9 Å². The number of hydrogen-bond acceptors (Lipinski definition) is 6. The molecule has 0 aliphatic rings. The first-order chi connectivity index (χ1) is 10.7. The predicted octanol–water partition coefficient (Wildman–Crippen LogP) is 1.98. The lowest BCUT2D eigenvalue weighted by molar-refractivity contribution is -0.385. The highest BCUT2D eigenvalue weighted by Crippen LogP contribution is 2.26. The van der Waals surface area contributed by atoms with Gasteiger partial charge in [-0.2, -0.15) is 0 Å². The number of nitro groups is 1. The second kappa shape index (κ2) is 8.06. The zero-order chi connectivity index (χ0) is 17.6. The summed E-state index contributed by atoms with van der Waals surface area (Å²) >= 11 is 4.94. The number of sulfonamides is 1. The molecule has 0 amide bonds. The molecule has 0 aliphatic heterocycles. The van der Waals surface area contributed by atoms with E-state index in [0.717, 1.165) is 12.5 Å². The molecule has 1 aromatic rings. The van der Waals surface area contributed by atoms with Crippen molar-refractivity contribution in [2.24, 2.45) is 0 Å². The van der Waals surface area contributed by atoms with Crippen LogP contribution >= 0.6 is 12.2 Å². The molecule has 0 fully saturated rings. The van der Waals surface area contributed by atoms with Crippen LogP contribution in [0.4, 0.5) is 11.4 Å². The first kappa shape index (κ1) is 19.1. The highest BCUT2D eigenvalue weighted by Gasteiger charge is 2.23. The van der Waals surface area contributed by atoms with Gasteiger partial charge < -0.3 is 10.6 Å². The van der Waals surface area contributed by atoms with Gasteiger partial charge in [-0.1, -0.05) is 6.92 Å². The van der Waals surface area contributed by atoms with Gasteiger partial charge in [0.2, 0.25) is 0 Å². The smallest absolute Gasteiger partial charge is 0.270 e. The van der Waals surface area contributed by atoms with Crippen molar-refractivity contribution in [3.8, 4) is 0 Å². The summed E-state index contributed by atoms with van der Waals surface area (Å²) in [4.78, 5) is 10.0. The van der Waals surface area contributed by atoms with Gasteiger partial charge in [-0.05, 0) is 38.6 Å². The summed E-state index contributed by atoms with van der Waals surface area (Å²) in [6.45, 7) is 6.08. The van der Waals surface area contributed by atoms with Crippen LogP contribution in [-0.4, -0.2) is 31.0 Å². The van der Waals surface area contributed by atoms with Crippen molar-refractivity contribution in [1.82, 2.24) is 10.0 Å². The number of nitrogens with zero attached hydrogens (tertiary/aromatic N) is 1. The Morgan fingerprint density at radius 2 is 2.04 bits per heavy atom. The Balaban J connectivity index is 3.21. The van der Waals surface area contributed by atoms with Crippen LogP contribution in [0.25, 0.3) is 0 Å². The van der Waals surface area contributed by atoms with Crippen LogP contribution in [0, 0.1) is 10.1 Å². The largest absolute Gasteiger partial charge is 0.384 e. The van der Waals surface area contributed by atoms with Crippen molar-refractivity contribution < 1.29 is 13.3 Å². The zero-order valence-corrected chi connectivity index (χ0v) is 14.8. The first-order valence-corrected chi connectivity index (χ1v) is 8.92. The molecular weight excluding hydrogens is 340 g/mol. The van der Waals surface area contributed by atoms with E-state index in [9.17, 15) is 18.5 Å². The summed E-state index contributed by atoms with van der Waals surface area (Å²) < 4.78 is 27.2. The molecule has 0 saturated heterocycles. The number of rotatable bonds is 7. The second-order valence-corrected chi connectivity index (χ2v) is 7.16. The van der Waals surface area contributed by atoms with Gasteiger partial charge in [0.1, 0.15) is 4.90 Å². The number of nitrogens with one attached hydrogen (secondary N) is 3. The van der Waals surface area contributed by atoms with Gasteiger partial charge in [0.25, 0.3) is 15.7 Å². The molecule has 0 bridgehead atoms. The summed E-state index contributed by atoms with van der Waals surface area (Å²) in [5, 5.41) is 16.5. The molecule has 0 saturated carbocycles. The van der Waals surface area contributed by atoms with E-state index in [1.807, 2.05) is 20.8 Å². The predicted molar refractivity (Wildman–Crippen MR) is 93.1 cm³/mol. The third-order valence-corrected chi connectivity index (χ3v) is 4.42. The van der Waals surface area contributed by atoms with Crippen LogP contribution in [0.1, 0.15) is 27.2 Å². The lowest BCUT2D eigenvalue weighted by Gasteiger charge is -2.16. The normalized spacial score (nSPS) is 11.1. The van der Waals surface area contributed by atoms with Crippen LogP contribution in [0.3, 0.4) is 0 Å². The fraction of sp³-hybridized carbons (Fsp3) is 0.462. The topological polar surface area (TPSA) is 113 Å². The average molecular weight is 360 g/mol. The number of benzene rings is 1. The minimum absolute atomic E-state index is 0.0482. The average Bonchev–Trinajstić information content (AvgIpc) is 2.43. The molecule has 0 atom stereocenters. The molecule has 0 unspecified atom stereocenters. The maximum absolute atomic E-state index is 12.5. The van der Waals surface area contributed by atoms with Crippen LogP contribution < -0.4 is 15.4 Å². The minimum atomic E-state index is -4.04. The summed E-state index contributed by atoms with van der Waals surface area (Å²) in [5.41, 5.74) is -0.0209. The van der Waals surface area contributed by atoms with Crippen molar-refractivity contribution in [3.63, 3.8) is 0 Å². The number of thiocarbonyl (C=S) groups is 1. The molecule has 1 rings (SSSR count). The lowest BCUT2D eigenvalue weighted by Crippen LogP contribution is -2.42. The van der Waals surface area contributed by atoms with Gasteiger partial charge in [-0.15, -0.1) is 0 Å². The van der Waals surface area contributed by atoms with E-state index in [2.05, 4.69) is 15.4 Å². The Labute approximate surface area is 140 Å². The third-order valence-electron chi connectivity index (χ3n) is 2.68. The first-order valence-electron chi connectivity index (χ1n) is 7.03. The van der Waals surface area contributed by atoms with E-state index in [1.54, 1.807) is 0 Å². The molecule has 0 heterocycles. The van der Waals surface area contributed by atoms with E-state index in [4.69, 9.17) is 12.2 Å². The van der Waals surface area contributed by atoms with Gasteiger partial charge in [-0.25, -0.2) is 8.42 Å². The van der Waals surface area contributed by atoms with Gasteiger partial charge >= 0.3 is 0 Å². The minimum Gasteiger partial charge on any atom is -0.384 e. The molecule has 1 aromatic carbocycles. The number of nitro benzene ring substituents is 1. The highest BCUT2D eigenvalue weighted by molar-refractivity contribution is 7.92. The van der Waals surface area contributed by atoms with Crippen LogP contribution in [-0.2, 0) is 10.0 Å². The van der Waals surface area contributed by atoms with Gasteiger partial charge in [-0.3, -0.25) is 14.8 Å². The molecule has 8 nitrogen and oxygen atoms in total. The van der Waals surface area contributed by atoms with Gasteiger partial charge in [0, 0.05) is 24.7 Å². The molecular formula is C13H20N4O4S2. The molecule has 0 aliphatic carbocycles. The zero-order valence-electron chi connectivity index (χ0n) is 13.1. The number of non-ortho nitro benzene ring substituents is 1. The maximum Gasteiger partial charge on any atom is 0.270 e. The summed E-state index contributed by atoms with van der Waals surface area (Å²) in [5.74, 6) is 0. The van der Waals surface area contributed by atoms with Crippen LogP contribution in [0.5, 0.6) is 0 Å². The molecule has 0 spiro atoms. The van der Waals surface area contributed by atoms with Gasteiger partial charge in [0.05, 0.1) is 10.6 Å². The quantitative estimate of drug-likeness (QED) is 0.387. The van der Waals surface area contributed by atoms with E-state index in [0.29, 0.717) is 6.54 Å². The Bertz CT molecular complexity index is 689. The van der Waals surface area contributed by atoms with Gasteiger partial charge in [0.15, 0.2) is 5.11 Å². The van der Waals surface area contributed by atoms with Crippen molar-refractivity contribution >= 4 is 38.7 Å². The third kappa shape index (κ3) is 5.64. The summed E-state index contributed by atoms with van der Waals surface area (Å²) in [6, 6.07) is 3.59. The molecule has 128 valence electrons. The fourth-order valence-corrected chi connectivity index (χ4v) is 3.40. The molecule has 23 heavy (non-hydrogen) atoms. The van der Waals surface area contributed by atoms with E-state index >= 15 is 0 Å². The van der Waals surface area contributed by atoms with E-state index in [1.165, 1.54) is 12.1 Å². The highest BCUT2D eigenvalue weighted by atomic mass is 32.2. The van der Waals surface area contributed by atoms with Crippen LogP contribution in [0.2, 0.25) is 0 Å². The Morgan fingerprint density at radius 3 is 2.57 bits per heavy atom. The fourth-order valence-electron chi connectivity index (χ4n) is 1.72. The van der Waals surface area contributed by atoms with E-state index < -0.39 is 14.9 Å². The standard InChI is InChI=1S/C13H20N4O4S2/c1-4-7-14-11-6-5-10(17(18)19)8-12(11)23(20,21)16-13(22)15-9(2)3/h5-6,8-9,14H,4,7H2,1-3H3,(H2,15,16,22). The molecule has 0 radical (unpaired) electrons. The Morgan fingerprint density at radius 1 is 1.39 bits per heavy atom. The van der Waals surface area contributed by atoms with Crippen molar-refractivity contribution in [1.29, 1.82) is 0 Å². The Kier molecular flexibility index (Phi) is 6.70. The van der Waals surface area contributed by atoms with Crippen molar-refractivity contribution in [2.45, 2.75) is 38.1 Å². The monoisotopic (exact) mass is 360 g/mol. The van der Waals surface area contributed by atoms with E-state index in [-0.39, 0.29) is 27.4 Å².